The van der Waals surface area contributed by atoms with Crippen LogP contribution < -0.4 is 5.32 Å². The quantitative estimate of drug-likeness (QED) is 0.814. The van der Waals surface area contributed by atoms with Gasteiger partial charge in [0.25, 0.3) is 0 Å². The van der Waals surface area contributed by atoms with Gasteiger partial charge in [-0.1, -0.05) is 46.0 Å². The van der Waals surface area contributed by atoms with Gasteiger partial charge >= 0.3 is 0 Å². The summed E-state index contributed by atoms with van der Waals surface area (Å²) in [7, 11) is 0. The van der Waals surface area contributed by atoms with Gasteiger partial charge in [0.05, 0.1) is 0 Å². The third-order valence-corrected chi connectivity index (χ3v) is 4.81. The highest BCUT2D eigenvalue weighted by Gasteiger charge is 2.24. The molecule has 0 aromatic heterocycles. The summed E-state index contributed by atoms with van der Waals surface area (Å²) in [6.07, 6.45) is 13.0. The van der Waals surface area contributed by atoms with Crippen molar-refractivity contribution in [1.82, 2.24) is 10.2 Å². The van der Waals surface area contributed by atoms with Gasteiger partial charge in [0.1, 0.15) is 0 Å². The molecule has 1 saturated heterocycles. The lowest BCUT2D eigenvalue weighted by molar-refractivity contribution is 0.136. The Labute approximate surface area is 120 Å². The first-order valence-corrected chi connectivity index (χ1v) is 8.73. The molecule has 2 aliphatic rings. The van der Waals surface area contributed by atoms with Crippen LogP contribution in [0.4, 0.5) is 0 Å². The topological polar surface area (TPSA) is 15.3 Å². The molecule has 0 aromatic carbocycles. The molecular formula is C17H34N2. The largest absolute Gasteiger partial charge is 0.313 e. The summed E-state index contributed by atoms with van der Waals surface area (Å²) in [6.45, 7) is 8.58. The number of nitrogens with one attached hydrogen (secondary N) is 1. The zero-order valence-electron chi connectivity index (χ0n) is 13.2. The summed E-state index contributed by atoms with van der Waals surface area (Å²) < 4.78 is 0. The fraction of sp³-hybridized carbons (Fsp3) is 1.00. The van der Waals surface area contributed by atoms with Gasteiger partial charge in [0.15, 0.2) is 0 Å². The highest BCUT2D eigenvalue weighted by molar-refractivity contribution is 4.82. The molecule has 0 radical (unpaired) electrons. The third-order valence-electron chi connectivity index (χ3n) is 4.81. The van der Waals surface area contributed by atoms with E-state index in [4.69, 9.17) is 0 Å². The van der Waals surface area contributed by atoms with Gasteiger partial charge in [0, 0.05) is 25.2 Å². The molecule has 112 valence electrons. The Balaban J connectivity index is 1.89. The lowest BCUT2D eigenvalue weighted by atomic mass is 9.94. The van der Waals surface area contributed by atoms with Gasteiger partial charge in [-0.15, -0.1) is 0 Å². The second-order valence-corrected chi connectivity index (χ2v) is 7.14. The van der Waals surface area contributed by atoms with E-state index < -0.39 is 0 Å². The molecule has 0 spiro atoms. The van der Waals surface area contributed by atoms with Crippen LogP contribution in [0.5, 0.6) is 0 Å². The van der Waals surface area contributed by atoms with E-state index in [1.165, 1.54) is 77.4 Å². The number of hydrogen-bond donors (Lipinski definition) is 1. The molecule has 2 rings (SSSR count). The minimum absolute atomic E-state index is 0.768. The molecule has 1 heterocycles. The summed E-state index contributed by atoms with van der Waals surface area (Å²) in [4.78, 5) is 2.83. The fourth-order valence-corrected chi connectivity index (χ4v) is 3.84. The van der Waals surface area contributed by atoms with Crippen molar-refractivity contribution in [3.63, 3.8) is 0 Å². The molecule has 0 aromatic rings. The monoisotopic (exact) mass is 266 g/mol. The van der Waals surface area contributed by atoms with Crippen LogP contribution in [0.3, 0.4) is 0 Å². The Kier molecular flexibility index (Phi) is 6.66. The zero-order chi connectivity index (χ0) is 13.5. The lowest BCUT2D eigenvalue weighted by Crippen LogP contribution is -2.45. The van der Waals surface area contributed by atoms with Crippen LogP contribution in [-0.2, 0) is 0 Å². The smallest absolute Gasteiger partial charge is 0.0195 e. The second kappa shape index (κ2) is 8.26. The van der Waals surface area contributed by atoms with Crippen molar-refractivity contribution < 1.29 is 0 Å². The van der Waals surface area contributed by atoms with Crippen LogP contribution in [0.2, 0.25) is 0 Å². The van der Waals surface area contributed by atoms with Crippen LogP contribution >= 0.6 is 0 Å². The molecule has 19 heavy (non-hydrogen) atoms. The van der Waals surface area contributed by atoms with Crippen molar-refractivity contribution in [2.24, 2.45) is 5.92 Å². The maximum atomic E-state index is 3.69. The third kappa shape index (κ3) is 5.43. The van der Waals surface area contributed by atoms with Gasteiger partial charge in [-0.3, -0.25) is 4.90 Å². The van der Waals surface area contributed by atoms with Crippen molar-refractivity contribution in [3.05, 3.63) is 0 Å². The van der Waals surface area contributed by atoms with Gasteiger partial charge in [-0.25, -0.2) is 0 Å². The van der Waals surface area contributed by atoms with E-state index in [0.717, 1.165) is 18.0 Å². The molecule has 2 fully saturated rings. The summed E-state index contributed by atoms with van der Waals surface area (Å²) >= 11 is 0. The first kappa shape index (κ1) is 15.3. The van der Waals surface area contributed by atoms with E-state index in [1.54, 1.807) is 0 Å². The highest BCUT2D eigenvalue weighted by atomic mass is 15.2. The average molecular weight is 266 g/mol. The van der Waals surface area contributed by atoms with Crippen LogP contribution in [0.1, 0.15) is 71.6 Å². The van der Waals surface area contributed by atoms with Crippen molar-refractivity contribution in [1.29, 1.82) is 0 Å². The van der Waals surface area contributed by atoms with E-state index in [1.807, 2.05) is 0 Å². The maximum Gasteiger partial charge on any atom is 0.0195 e. The predicted molar refractivity (Wildman–Crippen MR) is 83.5 cm³/mol. The standard InChI is InChI=1S/C17H34N2/c1-15(2)13-19(14-16-9-8-12-18-16)17-10-6-4-3-5-7-11-17/h15-18H,3-14H2,1-2H3. The van der Waals surface area contributed by atoms with Crippen molar-refractivity contribution >= 4 is 0 Å². The van der Waals surface area contributed by atoms with Crippen LogP contribution in [0, 0.1) is 5.92 Å². The first-order valence-electron chi connectivity index (χ1n) is 8.73. The van der Waals surface area contributed by atoms with Gasteiger partial charge in [0.2, 0.25) is 0 Å². The molecule has 2 heteroatoms. The predicted octanol–water partition coefficient (Wildman–Crippen LogP) is 3.81. The lowest BCUT2D eigenvalue weighted by Gasteiger charge is -2.36. The molecule has 2 nitrogen and oxygen atoms in total. The zero-order valence-corrected chi connectivity index (χ0v) is 13.2. The second-order valence-electron chi connectivity index (χ2n) is 7.14. The Morgan fingerprint density at radius 3 is 2.21 bits per heavy atom. The maximum absolute atomic E-state index is 3.69. The summed E-state index contributed by atoms with van der Waals surface area (Å²) in [5.41, 5.74) is 0. The molecule has 0 amide bonds. The minimum Gasteiger partial charge on any atom is -0.313 e. The SMILES string of the molecule is CC(C)CN(CC1CCCN1)C1CCCCCCC1. The van der Waals surface area contributed by atoms with Crippen LogP contribution in [0.25, 0.3) is 0 Å². The number of nitrogens with zero attached hydrogens (tertiary/aromatic N) is 1. The summed E-state index contributed by atoms with van der Waals surface area (Å²) in [5, 5.41) is 3.69. The molecule has 1 unspecified atom stereocenters. The van der Waals surface area contributed by atoms with Crippen molar-refractivity contribution in [3.8, 4) is 0 Å². The van der Waals surface area contributed by atoms with E-state index in [0.29, 0.717) is 0 Å². The number of hydrogen-bond acceptors (Lipinski definition) is 2. The van der Waals surface area contributed by atoms with Gasteiger partial charge in [-0.05, 0) is 38.1 Å². The van der Waals surface area contributed by atoms with Crippen molar-refractivity contribution in [2.45, 2.75) is 83.7 Å². The Morgan fingerprint density at radius 2 is 1.63 bits per heavy atom. The molecule has 1 aliphatic heterocycles. The van der Waals surface area contributed by atoms with E-state index in [2.05, 4.69) is 24.1 Å². The summed E-state index contributed by atoms with van der Waals surface area (Å²) in [6, 6.07) is 1.63. The Bertz CT molecular complexity index is 225. The molecular weight excluding hydrogens is 232 g/mol. The minimum atomic E-state index is 0.768. The molecule has 1 saturated carbocycles. The fourth-order valence-electron chi connectivity index (χ4n) is 3.84. The summed E-state index contributed by atoms with van der Waals surface area (Å²) in [5.74, 6) is 0.798. The average Bonchev–Trinajstić information content (AvgIpc) is 2.80. The van der Waals surface area contributed by atoms with Crippen LogP contribution in [-0.4, -0.2) is 36.6 Å². The van der Waals surface area contributed by atoms with E-state index in [-0.39, 0.29) is 0 Å². The normalized spacial score (nSPS) is 26.8. The van der Waals surface area contributed by atoms with Gasteiger partial charge < -0.3 is 5.32 Å². The van der Waals surface area contributed by atoms with Crippen LogP contribution in [0.15, 0.2) is 0 Å². The van der Waals surface area contributed by atoms with E-state index >= 15 is 0 Å². The molecule has 1 aliphatic carbocycles. The molecule has 1 atom stereocenters. The first-order chi connectivity index (χ1) is 9.25. The van der Waals surface area contributed by atoms with Crippen molar-refractivity contribution in [2.75, 3.05) is 19.6 Å². The highest BCUT2D eigenvalue weighted by Crippen LogP contribution is 2.23. The number of rotatable bonds is 5. The van der Waals surface area contributed by atoms with E-state index in [9.17, 15) is 0 Å². The molecule has 1 N–H and O–H groups in total. The van der Waals surface area contributed by atoms with Gasteiger partial charge in [-0.2, -0.15) is 0 Å². The Morgan fingerprint density at radius 1 is 0.947 bits per heavy atom. The molecule has 0 bridgehead atoms. The Hall–Kier alpha value is -0.0800.